The minimum atomic E-state index is 0. The molecule has 5 heteroatoms. The lowest BCUT2D eigenvalue weighted by Gasteiger charge is -2.34. The van der Waals surface area contributed by atoms with E-state index in [9.17, 15) is 4.79 Å². The van der Waals surface area contributed by atoms with Gasteiger partial charge in [-0.3, -0.25) is 4.79 Å². The van der Waals surface area contributed by atoms with Crippen molar-refractivity contribution in [3.05, 3.63) is 0 Å². The molecule has 3 nitrogen and oxygen atoms in total. The number of carbonyl (C=O) groups is 1. The molecule has 0 aromatic rings. The van der Waals surface area contributed by atoms with Crippen molar-refractivity contribution in [2.45, 2.75) is 65.2 Å². The van der Waals surface area contributed by atoms with E-state index in [1.165, 1.54) is 51.7 Å². The average molecular weight is 355 g/mol. The van der Waals surface area contributed by atoms with E-state index < -0.39 is 0 Å². The van der Waals surface area contributed by atoms with E-state index in [4.69, 9.17) is 0 Å². The van der Waals surface area contributed by atoms with Crippen LogP contribution in [-0.4, -0.2) is 54.9 Å². The molecule has 0 unspecified atom stereocenters. The van der Waals surface area contributed by atoms with Gasteiger partial charge in [0.25, 0.3) is 0 Å². The Labute approximate surface area is 150 Å². The Balaban J connectivity index is 0. The maximum Gasteiger partial charge on any atom is 0.134 e. The average Bonchev–Trinajstić information content (AvgIpc) is 2.46. The molecule has 22 heavy (non-hydrogen) atoms. The molecule has 1 aliphatic rings. The third-order valence-corrected chi connectivity index (χ3v) is 4.28. The first-order valence-electron chi connectivity index (χ1n) is 8.72. The number of hydrogen-bond acceptors (Lipinski definition) is 3. The van der Waals surface area contributed by atoms with Crippen molar-refractivity contribution in [3.63, 3.8) is 0 Å². The highest BCUT2D eigenvalue weighted by atomic mass is 35.5. The number of Topliss-reactive ketones (excluding diaryl/α,β-unsaturated/α-hetero) is 1. The third-order valence-electron chi connectivity index (χ3n) is 4.28. The van der Waals surface area contributed by atoms with E-state index in [2.05, 4.69) is 23.6 Å². The molecule has 1 fully saturated rings. The van der Waals surface area contributed by atoms with Gasteiger partial charge in [0, 0.05) is 45.6 Å². The zero-order valence-electron chi connectivity index (χ0n) is 14.5. The predicted molar refractivity (Wildman–Crippen MR) is 101 cm³/mol. The van der Waals surface area contributed by atoms with Crippen molar-refractivity contribution in [2.24, 2.45) is 0 Å². The first kappa shape index (κ1) is 24.4. The van der Waals surface area contributed by atoms with Gasteiger partial charge in [0.05, 0.1) is 0 Å². The maximum absolute atomic E-state index is 11.5. The Morgan fingerprint density at radius 2 is 1.27 bits per heavy atom. The number of piperazine rings is 1. The summed E-state index contributed by atoms with van der Waals surface area (Å²) in [5.74, 6) is 0.436. The molecule has 0 bridgehead atoms. The van der Waals surface area contributed by atoms with Gasteiger partial charge in [-0.25, -0.2) is 0 Å². The van der Waals surface area contributed by atoms with Gasteiger partial charge in [0.15, 0.2) is 0 Å². The Bertz CT molecular complexity index is 257. The summed E-state index contributed by atoms with van der Waals surface area (Å²) in [6, 6.07) is 0. The zero-order valence-corrected chi connectivity index (χ0v) is 16.2. The van der Waals surface area contributed by atoms with E-state index in [0.29, 0.717) is 5.78 Å². The predicted octanol–water partition coefficient (Wildman–Crippen LogP) is 4.18. The van der Waals surface area contributed by atoms with Crippen LogP contribution in [0.4, 0.5) is 0 Å². The number of nitrogens with zero attached hydrogens (tertiary/aromatic N) is 2. The van der Waals surface area contributed by atoms with Gasteiger partial charge in [-0.1, -0.05) is 39.5 Å². The maximum atomic E-state index is 11.5. The molecule has 1 heterocycles. The van der Waals surface area contributed by atoms with Gasteiger partial charge >= 0.3 is 0 Å². The van der Waals surface area contributed by atoms with Crippen LogP contribution >= 0.6 is 24.8 Å². The monoisotopic (exact) mass is 354 g/mol. The Morgan fingerprint density at radius 1 is 0.727 bits per heavy atom. The lowest BCUT2D eigenvalue weighted by Crippen LogP contribution is -2.47. The summed E-state index contributed by atoms with van der Waals surface area (Å²) in [6.45, 7) is 11.3. The van der Waals surface area contributed by atoms with E-state index in [1.807, 2.05) is 0 Å². The summed E-state index contributed by atoms with van der Waals surface area (Å²) in [5, 5.41) is 0. The number of unbranched alkanes of at least 4 members (excludes halogenated alkanes) is 4. The molecule has 0 amide bonds. The number of halogens is 2. The van der Waals surface area contributed by atoms with Crippen LogP contribution in [0.25, 0.3) is 0 Å². The Kier molecular flexibility index (Phi) is 17.8. The SMILES string of the molecule is CCCCCCCN1CCN(CCC(=O)CCC)CC1.Cl.Cl. The van der Waals surface area contributed by atoms with Crippen molar-refractivity contribution in [2.75, 3.05) is 39.3 Å². The largest absolute Gasteiger partial charge is 0.301 e. The highest BCUT2D eigenvalue weighted by Crippen LogP contribution is 2.07. The molecule has 1 aliphatic heterocycles. The van der Waals surface area contributed by atoms with Crippen molar-refractivity contribution >= 4 is 30.6 Å². The molecule has 134 valence electrons. The van der Waals surface area contributed by atoms with Gasteiger partial charge < -0.3 is 9.80 Å². The number of ketones is 1. The Morgan fingerprint density at radius 3 is 1.82 bits per heavy atom. The van der Waals surface area contributed by atoms with Crippen LogP contribution < -0.4 is 0 Å². The van der Waals surface area contributed by atoms with Crippen molar-refractivity contribution < 1.29 is 4.79 Å². The minimum absolute atomic E-state index is 0. The topological polar surface area (TPSA) is 23.6 Å². The quantitative estimate of drug-likeness (QED) is 0.520. The molecule has 1 rings (SSSR count). The molecule has 0 spiro atoms. The molecule has 0 aliphatic carbocycles. The molecular formula is C17H36Cl2N2O. The molecule has 1 saturated heterocycles. The number of rotatable bonds is 11. The third kappa shape index (κ3) is 11.7. The molecular weight excluding hydrogens is 319 g/mol. The molecule has 0 aromatic heterocycles. The smallest absolute Gasteiger partial charge is 0.134 e. The highest BCUT2D eigenvalue weighted by Gasteiger charge is 2.16. The second kappa shape index (κ2) is 16.0. The summed E-state index contributed by atoms with van der Waals surface area (Å²) >= 11 is 0. The first-order valence-corrected chi connectivity index (χ1v) is 8.72. The normalized spacial score (nSPS) is 15.9. The lowest BCUT2D eigenvalue weighted by atomic mass is 10.1. The van der Waals surface area contributed by atoms with E-state index in [-0.39, 0.29) is 24.8 Å². The van der Waals surface area contributed by atoms with Gasteiger partial charge in [-0.2, -0.15) is 0 Å². The van der Waals surface area contributed by atoms with Crippen LogP contribution in [0.1, 0.15) is 65.2 Å². The number of hydrogen-bond donors (Lipinski definition) is 0. The van der Waals surface area contributed by atoms with Gasteiger partial charge in [0.2, 0.25) is 0 Å². The standard InChI is InChI=1S/C17H34N2O.2ClH/c1-3-5-6-7-8-11-18-13-15-19(16-14-18)12-10-17(20)9-4-2;;/h3-16H2,1-2H3;2*1H. The van der Waals surface area contributed by atoms with Gasteiger partial charge in [-0.15, -0.1) is 24.8 Å². The minimum Gasteiger partial charge on any atom is -0.301 e. The molecule has 0 atom stereocenters. The van der Waals surface area contributed by atoms with Gasteiger partial charge in [0.1, 0.15) is 5.78 Å². The van der Waals surface area contributed by atoms with Crippen LogP contribution in [-0.2, 0) is 4.79 Å². The Hall–Kier alpha value is 0.170. The second-order valence-electron chi connectivity index (χ2n) is 6.14. The van der Waals surface area contributed by atoms with Gasteiger partial charge in [-0.05, 0) is 19.4 Å². The van der Waals surface area contributed by atoms with Crippen molar-refractivity contribution in [1.82, 2.24) is 9.80 Å². The molecule has 0 radical (unpaired) electrons. The highest BCUT2D eigenvalue weighted by molar-refractivity contribution is 5.85. The van der Waals surface area contributed by atoms with Crippen LogP contribution in [0.3, 0.4) is 0 Å². The van der Waals surface area contributed by atoms with Crippen molar-refractivity contribution in [1.29, 1.82) is 0 Å². The zero-order chi connectivity index (χ0) is 14.6. The fourth-order valence-electron chi connectivity index (χ4n) is 2.86. The molecule has 0 N–H and O–H groups in total. The van der Waals surface area contributed by atoms with E-state index >= 15 is 0 Å². The fraction of sp³-hybridized carbons (Fsp3) is 0.941. The second-order valence-corrected chi connectivity index (χ2v) is 6.14. The lowest BCUT2D eigenvalue weighted by molar-refractivity contribution is -0.119. The van der Waals surface area contributed by atoms with Crippen LogP contribution in [0, 0.1) is 0 Å². The summed E-state index contributed by atoms with van der Waals surface area (Å²) in [4.78, 5) is 16.6. The molecule has 0 aromatic carbocycles. The van der Waals surface area contributed by atoms with Crippen LogP contribution in [0.2, 0.25) is 0 Å². The van der Waals surface area contributed by atoms with E-state index in [1.54, 1.807) is 0 Å². The van der Waals surface area contributed by atoms with E-state index in [0.717, 1.165) is 38.9 Å². The number of carbonyl (C=O) groups excluding carboxylic acids is 1. The fourth-order valence-corrected chi connectivity index (χ4v) is 2.86. The van der Waals surface area contributed by atoms with Crippen LogP contribution in [0.15, 0.2) is 0 Å². The summed E-state index contributed by atoms with van der Waals surface area (Å²) in [7, 11) is 0. The van der Waals surface area contributed by atoms with Crippen molar-refractivity contribution in [3.8, 4) is 0 Å². The molecule has 0 saturated carbocycles. The summed E-state index contributed by atoms with van der Waals surface area (Å²) < 4.78 is 0. The summed E-state index contributed by atoms with van der Waals surface area (Å²) in [6.07, 6.45) is 9.37. The first-order chi connectivity index (χ1) is 9.76. The summed E-state index contributed by atoms with van der Waals surface area (Å²) in [5.41, 5.74) is 0. The van der Waals surface area contributed by atoms with Crippen LogP contribution in [0.5, 0.6) is 0 Å².